The molecule has 0 aliphatic carbocycles. The average Bonchev–Trinajstić information content (AvgIpc) is 3.09. The Balaban J connectivity index is 1.75. The number of morpholine rings is 1. The van der Waals surface area contributed by atoms with Gasteiger partial charge in [0.05, 0.1) is 23.8 Å². The monoisotopic (exact) mass is 395 g/mol. The molecule has 4 rings (SSSR count). The van der Waals surface area contributed by atoms with Crippen LogP contribution in [0.5, 0.6) is 0 Å². The maximum absolute atomic E-state index is 5.90. The van der Waals surface area contributed by atoms with Crippen LogP contribution in [-0.4, -0.2) is 50.8 Å². The molecule has 146 valence electrons. The summed E-state index contributed by atoms with van der Waals surface area (Å²) in [5, 5.41) is 6.32. The molecule has 0 bridgehead atoms. The number of aromatic nitrogens is 4. The summed E-state index contributed by atoms with van der Waals surface area (Å²) < 4.78 is 7.73. The molecule has 1 aromatic carbocycles. The first-order chi connectivity index (χ1) is 13.6. The van der Waals surface area contributed by atoms with Crippen molar-refractivity contribution < 1.29 is 4.74 Å². The lowest BCUT2D eigenvalue weighted by Crippen LogP contribution is -2.46. The van der Waals surface area contributed by atoms with E-state index in [1.54, 1.807) is 11.8 Å². The quantitative estimate of drug-likeness (QED) is 0.477. The van der Waals surface area contributed by atoms with Crippen molar-refractivity contribution in [3.8, 4) is 0 Å². The van der Waals surface area contributed by atoms with Crippen LogP contribution < -0.4 is 4.90 Å². The Morgan fingerprint density at radius 2 is 1.89 bits per heavy atom. The Morgan fingerprint density at radius 1 is 1.14 bits per heavy atom. The third-order valence-corrected chi connectivity index (χ3v) is 5.34. The Bertz CT molecular complexity index is 962. The highest BCUT2D eigenvalue weighted by Gasteiger charge is 2.26. The van der Waals surface area contributed by atoms with Crippen molar-refractivity contribution in [1.29, 1.82) is 0 Å². The van der Waals surface area contributed by atoms with Crippen molar-refractivity contribution in [2.75, 3.05) is 23.7 Å². The highest BCUT2D eigenvalue weighted by Crippen LogP contribution is 2.29. The first kappa shape index (κ1) is 19.0. The summed E-state index contributed by atoms with van der Waals surface area (Å²) in [5.41, 5.74) is 1.96. The van der Waals surface area contributed by atoms with Gasteiger partial charge in [-0.2, -0.15) is 5.10 Å². The van der Waals surface area contributed by atoms with Crippen molar-refractivity contribution >= 4 is 40.9 Å². The standard InChI is InChI=1S/C21H25N5OS/c1-4-28-21-23-19(25-13-15(2)27-16(3)14-25)18-12-22-26(20(18)24-21)11-10-17-8-6-5-7-9-17/h5-12,15-16H,4,13-14H2,1-3H3/b11-10-. The number of anilines is 1. The Hall–Kier alpha value is -2.38. The van der Waals surface area contributed by atoms with Crippen molar-refractivity contribution in [3.63, 3.8) is 0 Å². The zero-order valence-electron chi connectivity index (χ0n) is 16.4. The molecule has 0 amide bonds. The van der Waals surface area contributed by atoms with Gasteiger partial charge in [0.15, 0.2) is 10.8 Å². The molecule has 6 nitrogen and oxygen atoms in total. The molecule has 0 radical (unpaired) electrons. The molecule has 28 heavy (non-hydrogen) atoms. The lowest BCUT2D eigenvalue weighted by atomic mass is 10.2. The number of ether oxygens (including phenoxy) is 1. The number of hydrogen-bond donors (Lipinski definition) is 0. The topological polar surface area (TPSA) is 56.1 Å². The normalized spacial score (nSPS) is 20.3. The largest absolute Gasteiger partial charge is 0.372 e. The van der Waals surface area contributed by atoms with Gasteiger partial charge in [-0.3, -0.25) is 0 Å². The van der Waals surface area contributed by atoms with Crippen molar-refractivity contribution in [2.45, 2.75) is 38.1 Å². The van der Waals surface area contributed by atoms with E-state index in [-0.39, 0.29) is 12.2 Å². The van der Waals surface area contributed by atoms with Gasteiger partial charge >= 0.3 is 0 Å². The van der Waals surface area contributed by atoms with E-state index >= 15 is 0 Å². The fourth-order valence-corrected chi connectivity index (χ4v) is 4.07. The summed E-state index contributed by atoms with van der Waals surface area (Å²) in [4.78, 5) is 11.9. The minimum absolute atomic E-state index is 0.170. The summed E-state index contributed by atoms with van der Waals surface area (Å²) in [6, 6.07) is 10.2. The second-order valence-corrected chi connectivity index (χ2v) is 8.21. The first-order valence-electron chi connectivity index (χ1n) is 9.65. The van der Waals surface area contributed by atoms with E-state index < -0.39 is 0 Å². The number of rotatable bonds is 5. The summed E-state index contributed by atoms with van der Waals surface area (Å²) >= 11 is 1.65. The van der Waals surface area contributed by atoms with E-state index in [1.807, 2.05) is 41.4 Å². The van der Waals surface area contributed by atoms with Crippen LogP contribution in [-0.2, 0) is 4.74 Å². The van der Waals surface area contributed by atoms with E-state index in [1.165, 1.54) is 0 Å². The Labute approximate surface area is 169 Å². The van der Waals surface area contributed by atoms with Crippen LogP contribution in [0.3, 0.4) is 0 Å². The van der Waals surface area contributed by atoms with Gasteiger partial charge in [0, 0.05) is 19.3 Å². The molecule has 3 aromatic rings. The van der Waals surface area contributed by atoms with E-state index in [4.69, 9.17) is 14.7 Å². The molecule has 1 aliphatic heterocycles. The molecule has 0 N–H and O–H groups in total. The maximum atomic E-state index is 5.90. The minimum atomic E-state index is 0.170. The van der Waals surface area contributed by atoms with Crippen LogP contribution in [0.2, 0.25) is 0 Å². The Morgan fingerprint density at radius 3 is 2.61 bits per heavy atom. The van der Waals surface area contributed by atoms with Gasteiger partial charge in [0.1, 0.15) is 5.82 Å². The Kier molecular flexibility index (Phi) is 5.64. The number of thioether (sulfide) groups is 1. The molecule has 1 saturated heterocycles. The minimum Gasteiger partial charge on any atom is -0.372 e. The van der Waals surface area contributed by atoms with Crippen LogP contribution in [0.25, 0.3) is 23.3 Å². The third kappa shape index (κ3) is 4.05. The van der Waals surface area contributed by atoms with Crippen LogP contribution in [0.4, 0.5) is 5.82 Å². The van der Waals surface area contributed by atoms with E-state index in [9.17, 15) is 0 Å². The number of hydrogen-bond acceptors (Lipinski definition) is 6. The summed E-state index contributed by atoms with van der Waals surface area (Å²) in [6.07, 6.45) is 6.21. The van der Waals surface area contributed by atoms with Gasteiger partial charge < -0.3 is 9.64 Å². The molecular weight excluding hydrogens is 370 g/mol. The fraction of sp³-hybridized carbons (Fsp3) is 0.381. The highest BCUT2D eigenvalue weighted by molar-refractivity contribution is 7.99. The number of benzene rings is 1. The van der Waals surface area contributed by atoms with Crippen molar-refractivity contribution in [3.05, 3.63) is 42.1 Å². The van der Waals surface area contributed by atoms with Gasteiger partial charge in [0.2, 0.25) is 0 Å². The number of fused-ring (bicyclic) bond motifs is 1. The molecule has 7 heteroatoms. The number of nitrogens with zero attached hydrogens (tertiary/aromatic N) is 5. The first-order valence-corrected chi connectivity index (χ1v) is 10.6. The maximum Gasteiger partial charge on any atom is 0.191 e. The van der Waals surface area contributed by atoms with E-state index in [0.717, 1.165) is 46.4 Å². The third-order valence-electron chi connectivity index (χ3n) is 4.61. The lowest BCUT2D eigenvalue weighted by molar-refractivity contribution is -0.00540. The summed E-state index contributed by atoms with van der Waals surface area (Å²) in [6.45, 7) is 7.96. The highest BCUT2D eigenvalue weighted by atomic mass is 32.2. The summed E-state index contributed by atoms with van der Waals surface area (Å²) in [7, 11) is 0. The zero-order valence-corrected chi connectivity index (χ0v) is 17.3. The molecule has 0 spiro atoms. The lowest BCUT2D eigenvalue weighted by Gasteiger charge is -2.36. The van der Waals surface area contributed by atoms with E-state index in [2.05, 4.69) is 42.9 Å². The predicted octanol–water partition coefficient (Wildman–Crippen LogP) is 4.18. The summed E-state index contributed by atoms with van der Waals surface area (Å²) in [5.74, 6) is 1.87. The second-order valence-electron chi connectivity index (χ2n) is 6.98. The van der Waals surface area contributed by atoms with E-state index in [0.29, 0.717) is 0 Å². The molecule has 1 fully saturated rings. The van der Waals surface area contributed by atoms with Crippen LogP contribution in [0.1, 0.15) is 26.3 Å². The molecular formula is C21H25N5OS. The molecule has 0 saturated carbocycles. The molecule has 2 aromatic heterocycles. The van der Waals surface area contributed by atoms with Crippen molar-refractivity contribution in [2.24, 2.45) is 0 Å². The predicted molar refractivity (Wildman–Crippen MR) is 116 cm³/mol. The van der Waals surface area contributed by atoms with Gasteiger partial charge in [-0.15, -0.1) is 0 Å². The van der Waals surface area contributed by atoms with Gasteiger partial charge in [0.25, 0.3) is 0 Å². The SMILES string of the molecule is CCSc1nc(N2CC(C)OC(C)C2)c2cnn(/C=C\c3ccccc3)c2n1. The molecule has 2 unspecified atom stereocenters. The van der Waals surface area contributed by atoms with Gasteiger partial charge in [-0.05, 0) is 31.2 Å². The van der Waals surface area contributed by atoms with Gasteiger partial charge in [-0.1, -0.05) is 49.0 Å². The average molecular weight is 396 g/mol. The van der Waals surface area contributed by atoms with Crippen LogP contribution >= 0.6 is 11.8 Å². The van der Waals surface area contributed by atoms with Gasteiger partial charge in [-0.25, -0.2) is 14.6 Å². The fourth-order valence-electron chi connectivity index (χ4n) is 3.51. The molecule has 2 atom stereocenters. The van der Waals surface area contributed by atoms with Crippen LogP contribution in [0, 0.1) is 0 Å². The smallest absolute Gasteiger partial charge is 0.191 e. The zero-order chi connectivity index (χ0) is 19.5. The molecule has 1 aliphatic rings. The molecule has 3 heterocycles. The second kappa shape index (κ2) is 8.32. The van der Waals surface area contributed by atoms with Crippen LogP contribution in [0.15, 0.2) is 41.7 Å². The van der Waals surface area contributed by atoms with Crippen molar-refractivity contribution in [1.82, 2.24) is 19.7 Å².